The Labute approximate surface area is 145 Å². The van der Waals surface area contributed by atoms with Crippen LogP contribution in [0.3, 0.4) is 0 Å². The van der Waals surface area contributed by atoms with Crippen LogP contribution in [0.15, 0.2) is 24.3 Å². The molecule has 2 amide bonds. The molecule has 1 aromatic rings. The molecule has 3 rings (SSSR count). The molecule has 1 aliphatic carbocycles. The number of urea groups is 1. The summed E-state index contributed by atoms with van der Waals surface area (Å²) in [4.78, 5) is 16.9. The van der Waals surface area contributed by atoms with Gasteiger partial charge in [-0.3, -0.25) is 4.90 Å². The van der Waals surface area contributed by atoms with Gasteiger partial charge in [-0.05, 0) is 37.5 Å². The molecule has 24 heavy (non-hydrogen) atoms. The molecule has 1 aromatic carbocycles. The minimum Gasteiger partial charge on any atom is -0.494 e. The van der Waals surface area contributed by atoms with Crippen LogP contribution >= 0.6 is 0 Å². The maximum absolute atomic E-state index is 12.4. The van der Waals surface area contributed by atoms with Gasteiger partial charge in [0.15, 0.2) is 0 Å². The van der Waals surface area contributed by atoms with Gasteiger partial charge in [-0.2, -0.15) is 0 Å². The molecule has 1 heterocycles. The van der Waals surface area contributed by atoms with E-state index in [1.807, 2.05) is 36.1 Å². The molecule has 0 unspecified atom stereocenters. The van der Waals surface area contributed by atoms with Crippen molar-refractivity contribution in [2.75, 3.05) is 32.8 Å². The van der Waals surface area contributed by atoms with Crippen LogP contribution in [0.2, 0.25) is 0 Å². The first-order valence-corrected chi connectivity index (χ1v) is 9.25. The standard InChI is InChI=1S/C19H29N3O2/c1-2-24-18-9-5-6-16(14-18)15-20-19(23)22-12-10-21(11-13-22)17-7-3-4-8-17/h5-6,9,14,17H,2-4,7-8,10-13,15H2,1H3,(H,20,23). The van der Waals surface area contributed by atoms with Crippen molar-refractivity contribution in [2.24, 2.45) is 0 Å². The molecular formula is C19H29N3O2. The van der Waals surface area contributed by atoms with Crippen LogP contribution in [0.1, 0.15) is 38.2 Å². The third-order valence-electron chi connectivity index (χ3n) is 5.10. The molecule has 2 fully saturated rings. The number of nitrogens with one attached hydrogen (secondary N) is 1. The van der Waals surface area contributed by atoms with Crippen LogP contribution in [0.25, 0.3) is 0 Å². The highest BCUT2D eigenvalue weighted by molar-refractivity contribution is 5.74. The van der Waals surface area contributed by atoms with Crippen molar-refractivity contribution < 1.29 is 9.53 Å². The van der Waals surface area contributed by atoms with Crippen LogP contribution in [0.4, 0.5) is 4.79 Å². The highest BCUT2D eigenvalue weighted by Gasteiger charge is 2.27. The summed E-state index contributed by atoms with van der Waals surface area (Å²) in [5, 5.41) is 3.04. The van der Waals surface area contributed by atoms with Crippen molar-refractivity contribution in [1.29, 1.82) is 0 Å². The van der Waals surface area contributed by atoms with Gasteiger partial charge in [-0.15, -0.1) is 0 Å². The Bertz CT molecular complexity index is 535. The molecule has 0 spiro atoms. The molecule has 5 heteroatoms. The Morgan fingerprint density at radius 3 is 2.67 bits per heavy atom. The van der Waals surface area contributed by atoms with Gasteiger partial charge in [-0.25, -0.2) is 4.79 Å². The topological polar surface area (TPSA) is 44.8 Å². The predicted molar refractivity (Wildman–Crippen MR) is 95.2 cm³/mol. The van der Waals surface area contributed by atoms with Crippen molar-refractivity contribution in [3.63, 3.8) is 0 Å². The fraction of sp³-hybridized carbons (Fsp3) is 0.632. The summed E-state index contributed by atoms with van der Waals surface area (Å²) < 4.78 is 5.50. The lowest BCUT2D eigenvalue weighted by molar-refractivity contribution is 0.109. The van der Waals surface area contributed by atoms with E-state index >= 15 is 0 Å². The van der Waals surface area contributed by atoms with E-state index in [9.17, 15) is 4.79 Å². The summed E-state index contributed by atoms with van der Waals surface area (Å²) in [5.41, 5.74) is 1.07. The van der Waals surface area contributed by atoms with Crippen molar-refractivity contribution in [2.45, 2.75) is 45.2 Å². The van der Waals surface area contributed by atoms with Gasteiger partial charge in [-0.1, -0.05) is 25.0 Å². The largest absolute Gasteiger partial charge is 0.494 e. The van der Waals surface area contributed by atoms with E-state index in [1.165, 1.54) is 25.7 Å². The molecule has 1 saturated heterocycles. The molecule has 0 bridgehead atoms. The van der Waals surface area contributed by atoms with Crippen LogP contribution in [-0.4, -0.2) is 54.7 Å². The van der Waals surface area contributed by atoms with Crippen LogP contribution < -0.4 is 10.1 Å². The zero-order chi connectivity index (χ0) is 16.8. The van der Waals surface area contributed by atoms with E-state index in [2.05, 4.69) is 10.2 Å². The van der Waals surface area contributed by atoms with Crippen LogP contribution in [0.5, 0.6) is 5.75 Å². The van der Waals surface area contributed by atoms with E-state index in [4.69, 9.17) is 4.74 Å². The second kappa shape index (κ2) is 8.38. The molecule has 1 aliphatic heterocycles. The Kier molecular flexibility index (Phi) is 5.96. The molecule has 5 nitrogen and oxygen atoms in total. The average molecular weight is 331 g/mol. The predicted octanol–water partition coefficient (Wildman–Crippen LogP) is 2.86. The lowest BCUT2D eigenvalue weighted by Gasteiger charge is -2.38. The smallest absolute Gasteiger partial charge is 0.317 e. The number of ether oxygens (including phenoxy) is 1. The Hall–Kier alpha value is -1.75. The van der Waals surface area contributed by atoms with E-state index in [0.717, 1.165) is 43.5 Å². The van der Waals surface area contributed by atoms with Gasteiger partial charge in [0.05, 0.1) is 6.61 Å². The van der Waals surface area contributed by atoms with E-state index < -0.39 is 0 Å². The number of carbonyl (C=O) groups excluding carboxylic acids is 1. The average Bonchev–Trinajstić information content (AvgIpc) is 3.15. The second-order valence-electron chi connectivity index (χ2n) is 6.70. The number of carbonyl (C=O) groups is 1. The number of nitrogens with zero attached hydrogens (tertiary/aromatic N) is 2. The second-order valence-corrected chi connectivity index (χ2v) is 6.70. The van der Waals surface area contributed by atoms with E-state index in [-0.39, 0.29) is 6.03 Å². The fourth-order valence-corrected chi connectivity index (χ4v) is 3.76. The minimum absolute atomic E-state index is 0.0443. The van der Waals surface area contributed by atoms with Crippen LogP contribution in [-0.2, 0) is 6.54 Å². The fourth-order valence-electron chi connectivity index (χ4n) is 3.76. The molecule has 1 N–H and O–H groups in total. The first-order chi connectivity index (χ1) is 11.8. The van der Waals surface area contributed by atoms with Gasteiger partial charge in [0.1, 0.15) is 5.75 Å². The Balaban J connectivity index is 1.43. The number of piperazine rings is 1. The van der Waals surface area contributed by atoms with Crippen molar-refractivity contribution in [3.05, 3.63) is 29.8 Å². The maximum Gasteiger partial charge on any atom is 0.317 e. The Morgan fingerprint density at radius 2 is 1.96 bits per heavy atom. The highest BCUT2D eigenvalue weighted by Crippen LogP contribution is 2.24. The van der Waals surface area contributed by atoms with Gasteiger partial charge in [0.2, 0.25) is 0 Å². The third kappa shape index (κ3) is 4.41. The molecule has 2 aliphatic rings. The third-order valence-corrected chi connectivity index (χ3v) is 5.10. The Morgan fingerprint density at radius 1 is 1.21 bits per heavy atom. The van der Waals surface area contributed by atoms with Crippen molar-refractivity contribution in [1.82, 2.24) is 15.1 Å². The molecule has 0 aromatic heterocycles. The minimum atomic E-state index is 0.0443. The first kappa shape index (κ1) is 17.1. The lowest BCUT2D eigenvalue weighted by Crippen LogP contribution is -2.53. The maximum atomic E-state index is 12.4. The summed E-state index contributed by atoms with van der Waals surface area (Å²) in [6.07, 6.45) is 5.41. The number of hydrogen-bond donors (Lipinski definition) is 1. The summed E-state index contributed by atoms with van der Waals surface area (Å²) in [6, 6.07) is 8.71. The summed E-state index contributed by atoms with van der Waals surface area (Å²) >= 11 is 0. The number of benzene rings is 1. The van der Waals surface area contributed by atoms with Gasteiger partial charge in [0, 0.05) is 38.8 Å². The molecule has 0 atom stereocenters. The van der Waals surface area contributed by atoms with Crippen molar-refractivity contribution >= 4 is 6.03 Å². The summed E-state index contributed by atoms with van der Waals surface area (Å²) in [6.45, 7) is 6.86. The van der Waals surface area contributed by atoms with E-state index in [1.54, 1.807) is 0 Å². The lowest BCUT2D eigenvalue weighted by atomic mass is 10.2. The molecule has 0 radical (unpaired) electrons. The monoisotopic (exact) mass is 331 g/mol. The van der Waals surface area contributed by atoms with Gasteiger partial charge < -0.3 is 15.0 Å². The first-order valence-electron chi connectivity index (χ1n) is 9.25. The highest BCUT2D eigenvalue weighted by atomic mass is 16.5. The molecule has 132 valence electrons. The normalized spacial score (nSPS) is 19.5. The number of amides is 2. The quantitative estimate of drug-likeness (QED) is 0.902. The molecule has 1 saturated carbocycles. The van der Waals surface area contributed by atoms with Crippen molar-refractivity contribution in [3.8, 4) is 5.75 Å². The number of hydrogen-bond acceptors (Lipinski definition) is 3. The molecular weight excluding hydrogens is 302 g/mol. The number of rotatable bonds is 5. The zero-order valence-electron chi connectivity index (χ0n) is 14.7. The van der Waals surface area contributed by atoms with E-state index in [0.29, 0.717) is 13.2 Å². The SMILES string of the molecule is CCOc1cccc(CNC(=O)N2CCN(C3CCCC3)CC2)c1. The van der Waals surface area contributed by atoms with Gasteiger partial charge in [0.25, 0.3) is 0 Å². The zero-order valence-corrected chi connectivity index (χ0v) is 14.7. The van der Waals surface area contributed by atoms with Crippen LogP contribution in [0, 0.1) is 0 Å². The summed E-state index contributed by atoms with van der Waals surface area (Å²) in [5.74, 6) is 0.856. The summed E-state index contributed by atoms with van der Waals surface area (Å²) in [7, 11) is 0. The van der Waals surface area contributed by atoms with Gasteiger partial charge >= 0.3 is 6.03 Å².